The summed E-state index contributed by atoms with van der Waals surface area (Å²) in [6.07, 6.45) is 0. The Morgan fingerprint density at radius 3 is 2.20 bits per heavy atom. The highest BCUT2D eigenvalue weighted by molar-refractivity contribution is 5.86. The summed E-state index contributed by atoms with van der Waals surface area (Å²) in [6, 6.07) is 5.00. The molecule has 1 aromatic carbocycles. The minimum Gasteiger partial charge on any atom is -0.467 e. The molecule has 0 heterocycles. The Hall–Kier alpha value is -1.88. The topological polar surface area (TPSA) is 58.6 Å². The summed E-state index contributed by atoms with van der Waals surface area (Å²) in [5.41, 5.74) is 2.81. The van der Waals surface area contributed by atoms with Crippen LogP contribution in [0, 0.1) is 13.8 Å². The lowest BCUT2D eigenvalue weighted by molar-refractivity contribution is -0.145. The van der Waals surface area contributed by atoms with Crippen molar-refractivity contribution in [3.63, 3.8) is 0 Å². The summed E-state index contributed by atoms with van der Waals surface area (Å²) in [5, 5.41) is 2.71. The van der Waals surface area contributed by atoms with Crippen molar-refractivity contribution in [2.75, 3.05) is 27.7 Å². The molecule has 1 amide bonds. The number of methoxy groups -OCH3 is 1. The van der Waals surface area contributed by atoms with Gasteiger partial charge in [-0.2, -0.15) is 0 Å². The monoisotopic (exact) mass is 278 g/mol. The van der Waals surface area contributed by atoms with E-state index >= 15 is 0 Å². The van der Waals surface area contributed by atoms with Crippen molar-refractivity contribution in [1.82, 2.24) is 10.2 Å². The number of hydrogen-bond acceptors (Lipinski definition) is 4. The van der Waals surface area contributed by atoms with E-state index in [0.29, 0.717) is 0 Å². The Kier molecular flexibility index (Phi) is 5.70. The van der Waals surface area contributed by atoms with Gasteiger partial charge in [0.05, 0.1) is 13.7 Å². The number of aryl methyl sites for hydroxylation is 2. The molecule has 0 aliphatic heterocycles. The number of hydrogen-bond donors (Lipinski definition) is 1. The number of carbonyl (C=O) groups excluding carboxylic acids is 2. The first-order valence-electron chi connectivity index (χ1n) is 6.43. The van der Waals surface area contributed by atoms with E-state index in [1.807, 2.05) is 32.0 Å². The van der Waals surface area contributed by atoms with Crippen LogP contribution in [0.2, 0.25) is 0 Å². The van der Waals surface area contributed by atoms with Crippen molar-refractivity contribution in [1.29, 1.82) is 0 Å². The first-order valence-corrected chi connectivity index (χ1v) is 6.43. The van der Waals surface area contributed by atoms with Gasteiger partial charge in [-0.25, -0.2) is 4.79 Å². The van der Waals surface area contributed by atoms with Gasteiger partial charge in [0.2, 0.25) is 5.91 Å². The summed E-state index contributed by atoms with van der Waals surface area (Å²) in [7, 11) is 4.91. The molecule has 1 N–H and O–H groups in total. The maximum Gasteiger partial charge on any atom is 0.333 e. The minimum absolute atomic E-state index is 0.218. The second kappa shape index (κ2) is 7.05. The molecule has 1 aromatic rings. The van der Waals surface area contributed by atoms with Gasteiger partial charge in [0, 0.05) is 0 Å². The zero-order valence-electron chi connectivity index (χ0n) is 12.7. The van der Waals surface area contributed by atoms with Crippen LogP contribution in [0.4, 0.5) is 0 Å². The van der Waals surface area contributed by atoms with Crippen LogP contribution in [0.15, 0.2) is 18.2 Å². The molecule has 0 radical (unpaired) electrons. The zero-order chi connectivity index (χ0) is 15.3. The number of benzene rings is 1. The minimum atomic E-state index is -0.772. The maximum absolute atomic E-state index is 11.9. The average Bonchev–Trinajstić information content (AvgIpc) is 2.32. The molecule has 20 heavy (non-hydrogen) atoms. The van der Waals surface area contributed by atoms with Gasteiger partial charge in [0.25, 0.3) is 0 Å². The normalized spacial score (nSPS) is 12.1. The quantitative estimate of drug-likeness (QED) is 0.822. The van der Waals surface area contributed by atoms with Crippen LogP contribution in [0.1, 0.15) is 22.7 Å². The van der Waals surface area contributed by atoms with Gasteiger partial charge < -0.3 is 15.0 Å². The van der Waals surface area contributed by atoms with E-state index in [1.165, 1.54) is 7.11 Å². The van der Waals surface area contributed by atoms with Crippen molar-refractivity contribution >= 4 is 11.9 Å². The van der Waals surface area contributed by atoms with Crippen molar-refractivity contribution < 1.29 is 14.3 Å². The summed E-state index contributed by atoms with van der Waals surface area (Å²) in [5.74, 6) is -0.688. The molecule has 0 saturated heterocycles. The SMILES string of the molecule is COC(=O)C(NC(=O)CN(C)C)c1cc(C)cc(C)c1. The summed E-state index contributed by atoms with van der Waals surface area (Å²) >= 11 is 0. The molecule has 0 aliphatic rings. The molecule has 0 fully saturated rings. The highest BCUT2D eigenvalue weighted by Gasteiger charge is 2.24. The van der Waals surface area contributed by atoms with Gasteiger partial charge in [-0.3, -0.25) is 4.79 Å². The molecular weight excluding hydrogens is 256 g/mol. The molecule has 0 spiro atoms. The Morgan fingerprint density at radius 1 is 1.20 bits per heavy atom. The van der Waals surface area contributed by atoms with Gasteiger partial charge >= 0.3 is 5.97 Å². The van der Waals surface area contributed by atoms with Crippen LogP contribution in [0.25, 0.3) is 0 Å². The Labute approximate surface area is 119 Å². The second-order valence-corrected chi connectivity index (χ2v) is 5.18. The predicted molar refractivity (Wildman–Crippen MR) is 77.4 cm³/mol. The number of ether oxygens (including phenoxy) is 1. The van der Waals surface area contributed by atoms with Crippen LogP contribution >= 0.6 is 0 Å². The fourth-order valence-corrected chi connectivity index (χ4v) is 2.07. The van der Waals surface area contributed by atoms with Crippen molar-refractivity contribution in [2.45, 2.75) is 19.9 Å². The fourth-order valence-electron chi connectivity index (χ4n) is 2.07. The number of esters is 1. The van der Waals surface area contributed by atoms with Gasteiger partial charge in [-0.05, 0) is 33.5 Å². The third kappa shape index (κ3) is 4.66. The Bertz CT molecular complexity index is 478. The second-order valence-electron chi connectivity index (χ2n) is 5.18. The van der Waals surface area contributed by atoms with E-state index in [9.17, 15) is 9.59 Å². The Balaban J connectivity index is 3.00. The fraction of sp³-hybridized carbons (Fsp3) is 0.467. The van der Waals surface area contributed by atoms with Gasteiger partial charge in [-0.1, -0.05) is 29.3 Å². The van der Waals surface area contributed by atoms with Crippen molar-refractivity contribution in [3.05, 3.63) is 34.9 Å². The van der Waals surface area contributed by atoms with Crippen molar-refractivity contribution in [2.24, 2.45) is 0 Å². The summed E-state index contributed by atoms with van der Waals surface area (Å²) < 4.78 is 4.79. The van der Waals surface area contributed by atoms with E-state index in [0.717, 1.165) is 16.7 Å². The van der Waals surface area contributed by atoms with Crippen LogP contribution < -0.4 is 5.32 Å². The number of rotatable bonds is 5. The number of carbonyl (C=O) groups is 2. The van der Waals surface area contributed by atoms with E-state index in [4.69, 9.17) is 4.74 Å². The molecule has 0 saturated carbocycles. The number of likely N-dealkylation sites (N-methyl/N-ethyl adjacent to an activating group) is 1. The first kappa shape index (κ1) is 16.2. The summed E-state index contributed by atoms with van der Waals surface area (Å²) in [4.78, 5) is 25.5. The average molecular weight is 278 g/mol. The lowest BCUT2D eigenvalue weighted by Gasteiger charge is -2.19. The smallest absolute Gasteiger partial charge is 0.333 e. The number of nitrogens with one attached hydrogen (secondary N) is 1. The van der Waals surface area contributed by atoms with Gasteiger partial charge in [-0.15, -0.1) is 0 Å². The highest BCUT2D eigenvalue weighted by atomic mass is 16.5. The van der Waals surface area contributed by atoms with Crippen LogP contribution in [-0.4, -0.2) is 44.5 Å². The lowest BCUT2D eigenvalue weighted by Crippen LogP contribution is -2.39. The van der Waals surface area contributed by atoms with Gasteiger partial charge in [0.15, 0.2) is 6.04 Å². The van der Waals surface area contributed by atoms with Crippen LogP contribution in [0.3, 0.4) is 0 Å². The molecule has 1 atom stereocenters. The molecule has 0 bridgehead atoms. The molecule has 0 aliphatic carbocycles. The van der Waals surface area contributed by atoms with E-state index in [2.05, 4.69) is 5.32 Å². The molecule has 5 nitrogen and oxygen atoms in total. The van der Waals surface area contributed by atoms with Crippen LogP contribution in [0.5, 0.6) is 0 Å². The molecular formula is C15H22N2O3. The maximum atomic E-state index is 11.9. The van der Waals surface area contributed by atoms with Crippen molar-refractivity contribution in [3.8, 4) is 0 Å². The van der Waals surface area contributed by atoms with Crippen LogP contribution in [-0.2, 0) is 14.3 Å². The third-order valence-corrected chi connectivity index (χ3v) is 2.78. The molecule has 0 aromatic heterocycles. The molecule has 1 unspecified atom stereocenters. The number of nitrogens with zero attached hydrogens (tertiary/aromatic N) is 1. The summed E-state index contributed by atoms with van der Waals surface area (Å²) in [6.45, 7) is 4.12. The molecule has 110 valence electrons. The van der Waals surface area contributed by atoms with Gasteiger partial charge in [0.1, 0.15) is 0 Å². The van der Waals surface area contributed by atoms with E-state index in [-0.39, 0.29) is 12.5 Å². The lowest BCUT2D eigenvalue weighted by atomic mass is 10.0. The van der Waals surface area contributed by atoms with E-state index in [1.54, 1.807) is 19.0 Å². The Morgan fingerprint density at radius 2 is 1.75 bits per heavy atom. The first-order chi connectivity index (χ1) is 9.33. The molecule has 5 heteroatoms. The third-order valence-electron chi connectivity index (χ3n) is 2.78. The van der Waals surface area contributed by atoms with E-state index < -0.39 is 12.0 Å². The predicted octanol–water partition coefficient (Wildman–Crippen LogP) is 1.20. The largest absolute Gasteiger partial charge is 0.467 e. The molecule has 1 rings (SSSR count). The standard InChI is InChI=1S/C15H22N2O3/c1-10-6-11(2)8-12(7-10)14(15(19)20-5)16-13(18)9-17(3)4/h6-8,14H,9H2,1-5H3,(H,16,18). The highest BCUT2D eigenvalue weighted by Crippen LogP contribution is 2.18. The zero-order valence-corrected chi connectivity index (χ0v) is 12.7. The number of amides is 1.